The summed E-state index contributed by atoms with van der Waals surface area (Å²) in [5.74, 6) is 0. The van der Waals surface area contributed by atoms with E-state index in [9.17, 15) is 0 Å². The lowest BCUT2D eigenvalue weighted by molar-refractivity contribution is 0.0252. The van der Waals surface area contributed by atoms with Crippen LogP contribution in [-0.4, -0.2) is 33.1 Å². The summed E-state index contributed by atoms with van der Waals surface area (Å²) >= 11 is 0. The maximum Gasteiger partial charge on any atom is 0.127 e. The van der Waals surface area contributed by atoms with Gasteiger partial charge in [0.1, 0.15) is 6.23 Å². The van der Waals surface area contributed by atoms with E-state index in [-0.39, 0.29) is 6.23 Å². The number of hydrogen-bond acceptors (Lipinski definition) is 4. The lowest BCUT2D eigenvalue weighted by Crippen LogP contribution is -2.35. The van der Waals surface area contributed by atoms with Gasteiger partial charge in [-0.15, -0.1) is 0 Å². The fourth-order valence-electron chi connectivity index (χ4n) is 1.88. The van der Waals surface area contributed by atoms with Crippen molar-refractivity contribution >= 4 is 11.4 Å². The van der Waals surface area contributed by atoms with Crippen molar-refractivity contribution in [3.63, 3.8) is 0 Å². The monoisotopic (exact) mass is 252 g/mol. The Kier molecular flexibility index (Phi) is 5.95. The van der Waals surface area contributed by atoms with Gasteiger partial charge in [-0.1, -0.05) is 0 Å². The number of anilines is 2. The van der Waals surface area contributed by atoms with E-state index < -0.39 is 0 Å². The number of rotatable bonds is 7. The molecule has 1 aromatic carbocycles. The molecule has 102 valence electrons. The van der Waals surface area contributed by atoms with Gasteiger partial charge >= 0.3 is 0 Å². The van der Waals surface area contributed by atoms with E-state index in [1.54, 1.807) is 7.11 Å². The Labute approximate surface area is 110 Å². The van der Waals surface area contributed by atoms with Gasteiger partial charge < -0.3 is 20.1 Å². The van der Waals surface area contributed by atoms with Crippen LogP contribution in [0.5, 0.6) is 0 Å². The van der Waals surface area contributed by atoms with E-state index in [1.165, 1.54) is 0 Å². The van der Waals surface area contributed by atoms with Gasteiger partial charge in [0.15, 0.2) is 0 Å². The molecule has 0 heterocycles. The van der Waals surface area contributed by atoms with E-state index in [1.807, 2.05) is 26.0 Å². The molecule has 1 atom stereocenters. The molecule has 0 saturated heterocycles. The Balaban J connectivity index is 2.72. The standard InChI is InChI=1S/C14H24N2O2/c1-5-16(12(3)18-9-8-17-4)13-6-7-14(15)11(2)10-13/h6-7,10,12H,5,8-9,15H2,1-4H3. The molecular formula is C14H24N2O2. The zero-order valence-electron chi connectivity index (χ0n) is 11.8. The maximum absolute atomic E-state index is 5.84. The van der Waals surface area contributed by atoms with Crippen LogP contribution in [0.15, 0.2) is 18.2 Å². The van der Waals surface area contributed by atoms with Crippen molar-refractivity contribution in [1.29, 1.82) is 0 Å². The summed E-state index contributed by atoms with van der Waals surface area (Å²) in [6, 6.07) is 6.06. The van der Waals surface area contributed by atoms with Crippen molar-refractivity contribution in [2.24, 2.45) is 0 Å². The lowest BCUT2D eigenvalue weighted by atomic mass is 10.1. The molecular weight excluding hydrogens is 228 g/mol. The van der Waals surface area contributed by atoms with Crippen LogP contribution in [0.1, 0.15) is 19.4 Å². The summed E-state index contributed by atoms with van der Waals surface area (Å²) in [6.07, 6.45) is 0.0215. The summed E-state index contributed by atoms with van der Waals surface area (Å²) in [4.78, 5) is 2.20. The van der Waals surface area contributed by atoms with Gasteiger partial charge in [-0.05, 0) is 44.5 Å². The summed E-state index contributed by atoms with van der Waals surface area (Å²) in [7, 11) is 1.68. The molecule has 0 fully saturated rings. The predicted molar refractivity (Wildman–Crippen MR) is 75.9 cm³/mol. The third-order valence-electron chi connectivity index (χ3n) is 3.01. The lowest BCUT2D eigenvalue weighted by Gasteiger charge is -2.30. The first-order valence-corrected chi connectivity index (χ1v) is 6.33. The minimum Gasteiger partial charge on any atom is -0.399 e. The van der Waals surface area contributed by atoms with E-state index >= 15 is 0 Å². The molecule has 0 saturated carbocycles. The molecule has 18 heavy (non-hydrogen) atoms. The predicted octanol–water partition coefficient (Wildman–Crippen LogP) is 2.41. The van der Waals surface area contributed by atoms with Crippen molar-refractivity contribution in [2.45, 2.75) is 27.0 Å². The van der Waals surface area contributed by atoms with Crippen LogP contribution in [0.2, 0.25) is 0 Å². The molecule has 0 bridgehead atoms. The van der Waals surface area contributed by atoms with Crippen LogP contribution in [0.4, 0.5) is 11.4 Å². The zero-order valence-corrected chi connectivity index (χ0v) is 11.8. The Morgan fingerprint density at radius 3 is 2.61 bits per heavy atom. The first kappa shape index (κ1) is 14.8. The van der Waals surface area contributed by atoms with Crippen LogP contribution in [0.25, 0.3) is 0 Å². The molecule has 0 aromatic heterocycles. The van der Waals surface area contributed by atoms with E-state index in [0.29, 0.717) is 13.2 Å². The van der Waals surface area contributed by atoms with Gasteiger partial charge in [-0.3, -0.25) is 0 Å². The van der Waals surface area contributed by atoms with Crippen molar-refractivity contribution in [3.05, 3.63) is 23.8 Å². The minimum atomic E-state index is 0.0215. The number of hydrogen-bond donors (Lipinski definition) is 1. The number of aryl methyl sites for hydroxylation is 1. The minimum absolute atomic E-state index is 0.0215. The smallest absolute Gasteiger partial charge is 0.127 e. The number of nitrogens with zero attached hydrogens (tertiary/aromatic N) is 1. The number of methoxy groups -OCH3 is 1. The Morgan fingerprint density at radius 2 is 2.06 bits per heavy atom. The van der Waals surface area contributed by atoms with E-state index in [0.717, 1.165) is 23.5 Å². The number of ether oxygens (including phenoxy) is 2. The summed E-state index contributed by atoms with van der Waals surface area (Å²) in [6.45, 7) is 8.28. The fourth-order valence-corrected chi connectivity index (χ4v) is 1.88. The molecule has 0 aliphatic heterocycles. The molecule has 4 nitrogen and oxygen atoms in total. The second-order valence-corrected chi connectivity index (χ2v) is 4.29. The molecule has 1 unspecified atom stereocenters. The third-order valence-corrected chi connectivity index (χ3v) is 3.01. The van der Waals surface area contributed by atoms with Crippen LogP contribution in [0.3, 0.4) is 0 Å². The summed E-state index contributed by atoms with van der Waals surface area (Å²) in [5.41, 5.74) is 8.89. The topological polar surface area (TPSA) is 47.7 Å². The van der Waals surface area contributed by atoms with Crippen molar-refractivity contribution in [1.82, 2.24) is 0 Å². The van der Waals surface area contributed by atoms with Gasteiger partial charge in [0, 0.05) is 25.0 Å². The molecule has 1 rings (SSSR count). The fraction of sp³-hybridized carbons (Fsp3) is 0.571. The van der Waals surface area contributed by atoms with E-state index in [2.05, 4.69) is 17.9 Å². The highest BCUT2D eigenvalue weighted by Crippen LogP contribution is 2.22. The van der Waals surface area contributed by atoms with Gasteiger partial charge in [0.05, 0.1) is 13.2 Å². The zero-order chi connectivity index (χ0) is 13.5. The molecule has 4 heteroatoms. The average molecular weight is 252 g/mol. The molecule has 0 aliphatic rings. The maximum atomic E-state index is 5.84. The highest BCUT2D eigenvalue weighted by Gasteiger charge is 2.13. The average Bonchev–Trinajstić information content (AvgIpc) is 2.35. The number of nitrogens with two attached hydrogens (primary N) is 1. The highest BCUT2D eigenvalue weighted by molar-refractivity contribution is 5.58. The molecule has 2 N–H and O–H groups in total. The molecule has 0 aliphatic carbocycles. The van der Waals surface area contributed by atoms with Gasteiger partial charge in [0.25, 0.3) is 0 Å². The molecule has 0 radical (unpaired) electrons. The second kappa shape index (κ2) is 7.24. The Bertz CT molecular complexity index is 369. The Morgan fingerprint density at radius 1 is 1.33 bits per heavy atom. The van der Waals surface area contributed by atoms with Gasteiger partial charge in [-0.25, -0.2) is 0 Å². The SMILES string of the molecule is CCN(c1ccc(N)c(C)c1)C(C)OCCOC. The van der Waals surface area contributed by atoms with Crippen LogP contribution < -0.4 is 10.6 Å². The van der Waals surface area contributed by atoms with Gasteiger partial charge in [-0.2, -0.15) is 0 Å². The van der Waals surface area contributed by atoms with Crippen LogP contribution in [-0.2, 0) is 9.47 Å². The van der Waals surface area contributed by atoms with Crippen LogP contribution in [0, 0.1) is 6.92 Å². The van der Waals surface area contributed by atoms with Crippen molar-refractivity contribution in [3.8, 4) is 0 Å². The van der Waals surface area contributed by atoms with E-state index in [4.69, 9.17) is 15.2 Å². The summed E-state index contributed by atoms with van der Waals surface area (Å²) < 4.78 is 10.7. The number of nitrogen functional groups attached to an aromatic ring is 1. The third kappa shape index (κ3) is 3.89. The normalized spacial score (nSPS) is 12.4. The largest absolute Gasteiger partial charge is 0.399 e. The van der Waals surface area contributed by atoms with Gasteiger partial charge in [0.2, 0.25) is 0 Å². The highest BCUT2D eigenvalue weighted by atomic mass is 16.5. The first-order chi connectivity index (χ1) is 8.60. The van der Waals surface area contributed by atoms with Crippen molar-refractivity contribution in [2.75, 3.05) is 37.5 Å². The molecule has 0 amide bonds. The van der Waals surface area contributed by atoms with Crippen LogP contribution >= 0.6 is 0 Å². The number of benzene rings is 1. The molecule has 0 spiro atoms. The second-order valence-electron chi connectivity index (χ2n) is 4.29. The first-order valence-electron chi connectivity index (χ1n) is 6.33. The Hall–Kier alpha value is -1.26. The molecule has 1 aromatic rings. The quantitative estimate of drug-likeness (QED) is 0.460. The summed E-state index contributed by atoms with van der Waals surface area (Å²) in [5, 5.41) is 0. The van der Waals surface area contributed by atoms with Crippen molar-refractivity contribution < 1.29 is 9.47 Å².